The highest BCUT2D eigenvalue weighted by atomic mass is 16.4. The molecule has 3 aromatic carbocycles. The van der Waals surface area contributed by atoms with E-state index in [0.29, 0.717) is 18.5 Å². The van der Waals surface area contributed by atoms with Crippen molar-refractivity contribution in [3.8, 4) is 11.8 Å². The molecule has 0 spiro atoms. The van der Waals surface area contributed by atoms with Crippen LogP contribution in [0.15, 0.2) is 72.8 Å². The summed E-state index contributed by atoms with van der Waals surface area (Å²) in [5, 5.41) is 11.8. The smallest absolute Gasteiger partial charge is 0.335 e. The Bertz CT molecular complexity index is 1090. The van der Waals surface area contributed by atoms with Crippen LogP contribution in [0.5, 0.6) is 0 Å². The van der Waals surface area contributed by atoms with Crippen LogP contribution in [0.25, 0.3) is 0 Å². The monoisotopic (exact) mass is 383 g/mol. The van der Waals surface area contributed by atoms with E-state index < -0.39 is 5.97 Å². The topological polar surface area (TPSA) is 66.4 Å². The minimum atomic E-state index is -0.971. The molecular formula is C25H21NO3. The van der Waals surface area contributed by atoms with Gasteiger partial charge in [-0.1, -0.05) is 59.9 Å². The van der Waals surface area contributed by atoms with E-state index in [4.69, 9.17) is 5.11 Å². The molecule has 0 saturated carbocycles. The summed E-state index contributed by atoms with van der Waals surface area (Å²) in [5.74, 6) is 5.10. The number of nitrogens with one attached hydrogen (secondary N) is 1. The van der Waals surface area contributed by atoms with Gasteiger partial charge in [0, 0.05) is 24.1 Å². The quantitative estimate of drug-likeness (QED) is 0.649. The number of aromatic carboxylic acids is 1. The van der Waals surface area contributed by atoms with Gasteiger partial charge in [0.15, 0.2) is 0 Å². The van der Waals surface area contributed by atoms with Gasteiger partial charge in [0.1, 0.15) is 0 Å². The first-order valence-electron chi connectivity index (χ1n) is 9.26. The van der Waals surface area contributed by atoms with E-state index in [-0.39, 0.29) is 11.5 Å². The van der Waals surface area contributed by atoms with Crippen molar-refractivity contribution >= 4 is 11.9 Å². The van der Waals surface area contributed by atoms with Gasteiger partial charge in [-0.15, -0.1) is 0 Å². The van der Waals surface area contributed by atoms with Crippen LogP contribution in [-0.4, -0.2) is 17.0 Å². The molecule has 0 saturated heterocycles. The number of hydrogen-bond acceptors (Lipinski definition) is 2. The Hall–Kier alpha value is -3.84. The third kappa shape index (κ3) is 5.82. The highest BCUT2D eigenvalue weighted by Gasteiger charge is 2.06. The predicted octanol–water partition coefficient (Wildman–Crippen LogP) is 4.22. The predicted molar refractivity (Wildman–Crippen MR) is 113 cm³/mol. The van der Waals surface area contributed by atoms with E-state index in [0.717, 1.165) is 11.1 Å². The molecule has 29 heavy (non-hydrogen) atoms. The van der Waals surface area contributed by atoms with Crippen molar-refractivity contribution in [2.24, 2.45) is 0 Å². The molecule has 0 heterocycles. The van der Waals surface area contributed by atoms with Crippen molar-refractivity contribution in [3.63, 3.8) is 0 Å². The van der Waals surface area contributed by atoms with E-state index in [2.05, 4.69) is 42.3 Å². The number of carbonyl (C=O) groups excluding carboxylic acids is 1. The van der Waals surface area contributed by atoms with Gasteiger partial charge in [-0.3, -0.25) is 4.79 Å². The zero-order chi connectivity index (χ0) is 20.6. The molecule has 0 atom stereocenters. The molecule has 4 heteroatoms. The van der Waals surface area contributed by atoms with Crippen molar-refractivity contribution in [1.82, 2.24) is 5.32 Å². The van der Waals surface area contributed by atoms with Crippen LogP contribution in [-0.2, 0) is 13.0 Å². The molecule has 0 aliphatic heterocycles. The Labute approximate surface area is 170 Å². The van der Waals surface area contributed by atoms with Crippen molar-refractivity contribution in [2.45, 2.75) is 19.9 Å². The van der Waals surface area contributed by atoms with Crippen molar-refractivity contribution in [2.75, 3.05) is 0 Å². The van der Waals surface area contributed by atoms with Gasteiger partial charge < -0.3 is 10.4 Å². The van der Waals surface area contributed by atoms with Gasteiger partial charge in [0.05, 0.1) is 5.56 Å². The molecule has 0 bridgehead atoms. The Kier molecular flexibility index (Phi) is 6.44. The lowest BCUT2D eigenvalue weighted by atomic mass is 10.1. The molecule has 0 fully saturated rings. The number of amides is 1. The molecule has 1 amide bonds. The summed E-state index contributed by atoms with van der Waals surface area (Å²) in [5.41, 5.74) is 4.75. The number of carboxylic acid groups (broad SMARTS) is 1. The van der Waals surface area contributed by atoms with Crippen molar-refractivity contribution in [3.05, 3.63) is 106 Å². The summed E-state index contributed by atoms with van der Waals surface area (Å²) in [6.45, 7) is 2.38. The molecule has 144 valence electrons. The fourth-order valence-electron chi connectivity index (χ4n) is 2.86. The van der Waals surface area contributed by atoms with E-state index in [1.54, 1.807) is 24.3 Å². The van der Waals surface area contributed by atoms with Crippen LogP contribution >= 0.6 is 0 Å². The Morgan fingerprint density at radius 3 is 2.38 bits per heavy atom. The lowest BCUT2D eigenvalue weighted by molar-refractivity contribution is 0.0696. The van der Waals surface area contributed by atoms with Crippen molar-refractivity contribution in [1.29, 1.82) is 0 Å². The van der Waals surface area contributed by atoms with E-state index in [1.165, 1.54) is 23.3 Å². The highest BCUT2D eigenvalue weighted by Crippen LogP contribution is 2.08. The number of benzene rings is 3. The number of rotatable bonds is 5. The summed E-state index contributed by atoms with van der Waals surface area (Å²) in [4.78, 5) is 23.3. The lowest BCUT2D eigenvalue weighted by Crippen LogP contribution is -2.22. The molecule has 2 N–H and O–H groups in total. The van der Waals surface area contributed by atoms with Gasteiger partial charge in [-0.25, -0.2) is 4.79 Å². The second kappa shape index (κ2) is 9.38. The fraction of sp³-hybridized carbons (Fsp3) is 0.120. The Morgan fingerprint density at radius 1 is 0.897 bits per heavy atom. The average molecular weight is 383 g/mol. The highest BCUT2D eigenvalue weighted by molar-refractivity contribution is 5.94. The van der Waals surface area contributed by atoms with Crippen LogP contribution < -0.4 is 5.32 Å². The normalized spacial score (nSPS) is 9.97. The largest absolute Gasteiger partial charge is 0.478 e. The molecule has 0 unspecified atom stereocenters. The lowest BCUT2D eigenvalue weighted by Gasteiger charge is -2.06. The number of aryl methyl sites for hydroxylation is 1. The van der Waals surface area contributed by atoms with Crippen LogP contribution in [0.2, 0.25) is 0 Å². The molecule has 3 rings (SSSR count). The first-order chi connectivity index (χ1) is 14.0. The van der Waals surface area contributed by atoms with Gasteiger partial charge in [0.2, 0.25) is 0 Å². The fourth-order valence-corrected chi connectivity index (χ4v) is 2.86. The van der Waals surface area contributed by atoms with Crippen LogP contribution in [0, 0.1) is 18.8 Å². The Morgan fingerprint density at radius 2 is 1.66 bits per heavy atom. The maximum atomic E-state index is 12.4. The Balaban J connectivity index is 1.60. The van der Waals surface area contributed by atoms with Gasteiger partial charge in [0.25, 0.3) is 5.91 Å². The molecule has 0 radical (unpaired) electrons. The number of hydrogen-bond donors (Lipinski definition) is 2. The first-order valence-corrected chi connectivity index (χ1v) is 9.26. The summed E-state index contributed by atoms with van der Waals surface area (Å²) >= 11 is 0. The van der Waals surface area contributed by atoms with E-state index in [1.807, 2.05) is 18.2 Å². The maximum absolute atomic E-state index is 12.4. The maximum Gasteiger partial charge on any atom is 0.335 e. The SMILES string of the molecule is Cc1cccc(CC#Cc2cccc(C(=O)NCc3ccc(C(=O)O)cc3)c2)c1. The zero-order valence-electron chi connectivity index (χ0n) is 16.1. The van der Waals surface area contributed by atoms with Crippen LogP contribution in [0.1, 0.15) is 43.0 Å². The molecule has 3 aromatic rings. The summed E-state index contributed by atoms with van der Waals surface area (Å²) in [6.07, 6.45) is 0.657. The second-order valence-corrected chi connectivity index (χ2v) is 6.73. The molecule has 0 aliphatic carbocycles. The second-order valence-electron chi connectivity index (χ2n) is 6.73. The summed E-state index contributed by atoms with van der Waals surface area (Å²) in [7, 11) is 0. The average Bonchev–Trinajstić information content (AvgIpc) is 2.72. The number of carbonyl (C=O) groups is 2. The minimum absolute atomic E-state index is 0.199. The third-order valence-electron chi connectivity index (χ3n) is 4.39. The zero-order valence-corrected chi connectivity index (χ0v) is 16.1. The third-order valence-corrected chi connectivity index (χ3v) is 4.39. The summed E-state index contributed by atoms with van der Waals surface area (Å²) in [6, 6.07) is 21.9. The number of carboxylic acids is 1. The van der Waals surface area contributed by atoms with E-state index >= 15 is 0 Å². The first kappa shape index (κ1) is 19.9. The molecule has 4 nitrogen and oxygen atoms in total. The van der Waals surface area contributed by atoms with Crippen molar-refractivity contribution < 1.29 is 14.7 Å². The summed E-state index contributed by atoms with van der Waals surface area (Å²) < 4.78 is 0. The van der Waals surface area contributed by atoms with Gasteiger partial charge in [-0.2, -0.15) is 0 Å². The van der Waals surface area contributed by atoms with Crippen LogP contribution in [0.4, 0.5) is 0 Å². The standard InChI is InChI=1S/C25H21NO3/c1-18-5-2-6-19(15-18)7-3-8-20-9-4-10-23(16-20)24(27)26-17-21-11-13-22(14-12-21)25(28)29/h2,4-6,9-16H,7,17H2,1H3,(H,26,27)(H,28,29). The van der Waals surface area contributed by atoms with Gasteiger partial charge >= 0.3 is 5.97 Å². The molecular weight excluding hydrogens is 362 g/mol. The van der Waals surface area contributed by atoms with Gasteiger partial charge in [-0.05, 0) is 48.4 Å². The molecule has 0 aromatic heterocycles. The minimum Gasteiger partial charge on any atom is -0.478 e. The van der Waals surface area contributed by atoms with E-state index in [9.17, 15) is 9.59 Å². The molecule has 0 aliphatic rings. The van der Waals surface area contributed by atoms with Crippen LogP contribution in [0.3, 0.4) is 0 Å².